The molecule has 2 heterocycles. The van der Waals surface area contributed by atoms with Gasteiger partial charge >= 0.3 is 0 Å². The number of amides is 5. The lowest BCUT2D eigenvalue weighted by Crippen LogP contribution is -2.58. The van der Waals surface area contributed by atoms with Gasteiger partial charge in [-0.15, -0.1) is 0 Å². The first kappa shape index (κ1) is 53.5. The molecule has 8 rings (SSSR count). The van der Waals surface area contributed by atoms with Crippen LogP contribution < -0.4 is 26.6 Å². The van der Waals surface area contributed by atoms with E-state index in [4.69, 9.17) is 9.47 Å². The third-order valence-electron chi connectivity index (χ3n) is 16.8. The first-order valence-electron chi connectivity index (χ1n) is 27.3. The Labute approximate surface area is 432 Å². The van der Waals surface area contributed by atoms with E-state index in [0.717, 1.165) is 92.9 Å². The minimum absolute atomic E-state index is 0.00951. The summed E-state index contributed by atoms with van der Waals surface area (Å²) in [5, 5.41) is 15.3. The second-order valence-corrected chi connectivity index (χ2v) is 21.3. The molecule has 5 N–H and O–H groups in total. The average Bonchev–Trinajstić information content (AvgIpc) is 4.25. The minimum atomic E-state index is -0.682. The van der Waals surface area contributed by atoms with E-state index in [-0.39, 0.29) is 72.2 Å². The number of nitrogens with one attached hydrogen (secondary N) is 5. The maximum absolute atomic E-state index is 14.4. The Morgan fingerprint density at radius 1 is 0.630 bits per heavy atom. The number of likely N-dealkylation sites (N-methyl/N-ethyl adjacent to an activating group) is 2. The van der Waals surface area contributed by atoms with Gasteiger partial charge in [-0.3, -0.25) is 28.8 Å². The van der Waals surface area contributed by atoms with Crippen LogP contribution in [0.4, 0.5) is 0 Å². The fourth-order valence-electron chi connectivity index (χ4n) is 12.4. The molecule has 0 radical (unpaired) electrons. The smallest absolute Gasteiger partial charge is 0.246 e. The number of carbonyl (C=O) groups is 6. The second-order valence-electron chi connectivity index (χ2n) is 21.3. The lowest BCUT2D eigenvalue weighted by Gasteiger charge is -2.35. The van der Waals surface area contributed by atoms with Crippen LogP contribution in [-0.4, -0.2) is 127 Å². The second kappa shape index (κ2) is 25.5. The van der Waals surface area contributed by atoms with Gasteiger partial charge in [0.2, 0.25) is 29.5 Å². The van der Waals surface area contributed by atoms with Gasteiger partial charge in [0.15, 0.2) is 5.78 Å². The van der Waals surface area contributed by atoms with Crippen molar-refractivity contribution in [3.8, 4) is 23.9 Å². The lowest BCUT2D eigenvalue weighted by molar-refractivity contribution is -0.143. The maximum Gasteiger partial charge on any atom is 0.246 e. The summed E-state index contributed by atoms with van der Waals surface area (Å²) in [5.74, 6) is 7.47. The summed E-state index contributed by atoms with van der Waals surface area (Å²) in [6.07, 6.45) is 15.7. The molecule has 15 nitrogen and oxygen atoms in total. The molecule has 2 aliphatic heterocycles. The first-order valence-corrected chi connectivity index (χ1v) is 27.3. The molecule has 15 heteroatoms. The highest BCUT2D eigenvalue weighted by atomic mass is 16.5. The van der Waals surface area contributed by atoms with E-state index in [1.807, 2.05) is 42.5 Å². The molecule has 4 fully saturated rings. The van der Waals surface area contributed by atoms with Crippen LogP contribution in [-0.2, 0) is 51.1 Å². The highest BCUT2D eigenvalue weighted by Gasteiger charge is 2.45. The summed E-state index contributed by atoms with van der Waals surface area (Å²) in [4.78, 5) is 86.9. The maximum atomic E-state index is 14.4. The van der Waals surface area contributed by atoms with E-state index in [1.54, 1.807) is 37.7 Å². The molecule has 10 atom stereocenters. The van der Waals surface area contributed by atoms with E-state index < -0.39 is 48.4 Å². The SMILES string of the molecule is CN[C@@H](C)C(=O)N[C@H](C(=O)N1CCC[C@H]1C(=O)C[C@H]1c2ccccc2C[C@H]1OC#CC#CCO[C@@H]1Cc2ccccc2[C@@H]1NC(=O)[C@@H]1CCCN1C(=O)[C@@H](NC(=O)[C@H](C)NC)C1CCCCC1)C1CCCCC1. The monoisotopic (exact) mass is 1000 g/mol. The number of rotatable bonds is 18. The van der Waals surface area contributed by atoms with Crippen molar-refractivity contribution in [3.63, 3.8) is 0 Å². The summed E-state index contributed by atoms with van der Waals surface area (Å²) in [5.41, 5.74) is 4.19. The topological polar surface area (TPSA) is 188 Å². The quantitative estimate of drug-likeness (QED) is 0.131. The van der Waals surface area contributed by atoms with E-state index in [9.17, 15) is 28.8 Å². The Morgan fingerprint density at radius 2 is 1.15 bits per heavy atom. The van der Waals surface area contributed by atoms with Crippen molar-refractivity contribution in [2.75, 3.05) is 33.8 Å². The van der Waals surface area contributed by atoms with Crippen LogP contribution in [0.25, 0.3) is 0 Å². The van der Waals surface area contributed by atoms with Crippen LogP contribution >= 0.6 is 0 Å². The minimum Gasteiger partial charge on any atom is -0.442 e. The Balaban J connectivity index is 0.881. The Morgan fingerprint density at radius 3 is 1.74 bits per heavy atom. The van der Waals surface area contributed by atoms with Crippen molar-refractivity contribution >= 4 is 35.3 Å². The molecule has 73 heavy (non-hydrogen) atoms. The van der Waals surface area contributed by atoms with Gasteiger partial charge < -0.3 is 45.9 Å². The predicted octanol–water partition coefficient (Wildman–Crippen LogP) is 4.76. The van der Waals surface area contributed by atoms with Crippen molar-refractivity contribution in [3.05, 3.63) is 70.8 Å². The number of carbonyl (C=O) groups excluding carboxylic acids is 6. The average molecular weight is 1000 g/mol. The highest BCUT2D eigenvalue weighted by Crippen LogP contribution is 2.40. The third-order valence-corrected chi connectivity index (χ3v) is 16.8. The molecule has 0 unspecified atom stereocenters. The van der Waals surface area contributed by atoms with E-state index in [1.165, 1.54) is 0 Å². The molecule has 2 saturated carbocycles. The van der Waals surface area contributed by atoms with E-state index in [0.29, 0.717) is 45.2 Å². The van der Waals surface area contributed by atoms with Crippen molar-refractivity contribution in [1.29, 1.82) is 0 Å². The van der Waals surface area contributed by atoms with Crippen LogP contribution in [0.1, 0.15) is 144 Å². The van der Waals surface area contributed by atoms with Crippen LogP contribution in [0.2, 0.25) is 0 Å². The number of hydrogen-bond donors (Lipinski definition) is 5. The zero-order chi connectivity index (χ0) is 51.4. The molecular weight excluding hydrogens is 923 g/mol. The van der Waals surface area contributed by atoms with Gasteiger partial charge in [0.05, 0.1) is 30.3 Å². The number of Topliss-reactive ketones (excluding diaryl/α,β-unsaturated/α-hetero) is 1. The zero-order valence-electron chi connectivity index (χ0n) is 43.3. The van der Waals surface area contributed by atoms with Gasteiger partial charge in [0.25, 0.3) is 0 Å². The number of hydrogen-bond acceptors (Lipinski definition) is 10. The van der Waals surface area contributed by atoms with E-state index >= 15 is 0 Å². The number of likely N-dealkylation sites (tertiary alicyclic amines) is 2. The third kappa shape index (κ3) is 12.8. The van der Waals surface area contributed by atoms with Crippen molar-refractivity contribution in [1.82, 2.24) is 36.4 Å². The molecule has 2 aromatic rings. The van der Waals surface area contributed by atoms with E-state index in [2.05, 4.69) is 56.5 Å². The van der Waals surface area contributed by atoms with Gasteiger partial charge in [-0.25, -0.2) is 0 Å². The summed E-state index contributed by atoms with van der Waals surface area (Å²) in [6, 6.07) is 12.1. The molecular formula is C58H77N7O8. The molecule has 0 spiro atoms. The van der Waals surface area contributed by atoms with Crippen LogP contribution in [0, 0.1) is 35.7 Å². The molecule has 0 bridgehead atoms. The standard InChI is InChI=1S/C58H77N7O8/c1-37(59-3)54(67)61-51(39-20-8-5-9-21-39)57(70)64-30-18-28-46(64)48(66)36-45-43-26-14-12-24-41(43)34-49(45)72-32-16-7-17-33-73-50-35-42-25-13-15-27-44(42)53(50)63-56(69)47-29-19-31-65(47)58(71)52(40-22-10-6-11-23-40)62-55(68)38(2)60-4/h12-15,24-27,37-40,45-47,49-53,59-60H,5-6,8-11,18-23,28-31,33-36H2,1-4H3,(H,61,67)(H,62,68)(H,63,69)/t37-,38-,45-,46-,47-,49+,50+,51-,52-,53-/m0/s1. The zero-order valence-corrected chi connectivity index (χ0v) is 43.3. The van der Waals surface area contributed by atoms with Crippen LogP contribution in [0.3, 0.4) is 0 Å². The summed E-state index contributed by atoms with van der Waals surface area (Å²) >= 11 is 0. The largest absolute Gasteiger partial charge is 0.442 e. The van der Waals surface area contributed by atoms with Gasteiger partial charge in [0, 0.05) is 44.2 Å². The number of benzene rings is 2. The Hall–Kier alpha value is -5.74. The molecule has 0 aromatic heterocycles. The molecule has 6 aliphatic rings. The fourth-order valence-corrected chi connectivity index (χ4v) is 12.4. The number of ether oxygens (including phenoxy) is 2. The van der Waals surface area contributed by atoms with Crippen molar-refractivity contribution in [2.24, 2.45) is 11.8 Å². The fraction of sp³-hybridized carbons (Fsp3) is 0.621. The first-order chi connectivity index (χ1) is 35.5. The lowest BCUT2D eigenvalue weighted by atomic mass is 9.83. The van der Waals surface area contributed by atoms with Gasteiger partial charge in [-0.1, -0.05) is 93.0 Å². The van der Waals surface area contributed by atoms with Crippen LogP contribution in [0.15, 0.2) is 48.5 Å². The summed E-state index contributed by atoms with van der Waals surface area (Å²) < 4.78 is 12.5. The number of nitrogens with zero attached hydrogens (tertiary/aromatic N) is 2. The molecule has 2 saturated heterocycles. The number of ketones is 1. The summed E-state index contributed by atoms with van der Waals surface area (Å²) in [7, 11) is 3.44. The van der Waals surface area contributed by atoms with Crippen molar-refractivity contribution < 1.29 is 38.2 Å². The Kier molecular flexibility index (Phi) is 18.7. The normalized spacial score (nSPS) is 25.4. The molecule has 392 valence electrons. The summed E-state index contributed by atoms with van der Waals surface area (Å²) in [6.45, 7) is 4.55. The Bertz CT molecular complexity index is 2430. The molecule has 2 aromatic carbocycles. The van der Waals surface area contributed by atoms with Gasteiger partial charge in [-0.2, -0.15) is 0 Å². The van der Waals surface area contributed by atoms with Crippen molar-refractivity contribution in [2.45, 2.75) is 183 Å². The van der Waals surface area contributed by atoms with Crippen LogP contribution in [0.5, 0.6) is 0 Å². The molecule has 5 amide bonds. The highest BCUT2D eigenvalue weighted by molar-refractivity contribution is 5.95. The molecule has 4 aliphatic carbocycles. The van der Waals surface area contributed by atoms with Gasteiger partial charge in [-0.05, 0) is 119 Å². The van der Waals surface area contributed by atoms with Gasteiger partial charge in [0.1, 0.15) is 36.9 Å². The number of fused-ring (bicyclic) bond motifs is 2. The predicted molar refractivity (Wildman–Crippen MR) is 277 cm³/mol.